The molecule has 1 aromatic carbocycles. The zero-order valence-electron chi connectivity index (χ0n) is 16.5. The van der Waals surface area contributed by atoms with Gasteiger partial charge in [0.05, 0.1) is 10.9 Å². The number of nitrogens with one attached hydrogen (secondary N) is 1. The summed E-state index contributed by atoms with van der Waals surface area (Å²) in [5.74, 6) is 1.88. The van der Waals surface area contributed by atoms with Crippen molar-refractivity contribution in [2.24, 2.45) is 0 Å². The lowest BCUT2D eigenvalue weighted by atomic mass is 9.98. The van der Waals surface area contributed by atoms with Crippen LogP contribution in [-0.2, 0) is 0 Å². The maximum Gasteiger partial charge on any atom is 0.194 e. The Hall–Kier alpha value is -3.73. The maximum atomic E-state index is 13.2. The molecule has 30 heavy (non-hydrogen) atoms. The Balaban J connectivity index is 1.65. The van der Waals surface area contributed by atoms with Crippen LogP contribution in [0.1, 0.15) is 30.1 Å². The van der Waals surface area contributed by atoms with Gasteiger partial charge in [0.15, 0.2) is 11.2 Å². The topological polar surface area (TPSA) is 71.8 Å². The fourth-order valence-corrected chi connectivity index (χ4v) is 4.07. The lowest BCUT2D eigenvalue weighted by Crippen LogP contribution is -2.10. The Labute approximate surface area is 172 Å². The van der Waals surface area contributed by atoms with Crippen LogP contribution in [0, 0.1) is 6.92 Å². The number of hydrogen-bond donors (Lipinski definition) is 1. The summed E-state index contributed by atoms with van der Waals surface area (Å²) in [6.07, 6.45) is 5.77. The molecule has 1 fully saturated rings. The first-order valence-corrected chi connectivity index (χ1v) is 10.2. The summed E-state index contributed by atoms with van der Waals surface area (Å²) in [5.41, 5.74) is 5.02. The zero-order valence-corrected chi connectivity index (χ0v) is 16.5. The molecular formula is C25H19N3O2. The molecule has 4 aromatic heterocycles. The van der Waals surface area contributed by atoms with Gasteiger partial charge in [-0.2, -0.15) is 0 Å². The second kappa shape index (κ2) is 6.39. The molecule has 0 radical (unpaired) electrons. The monoisotopic (exact) mass is 393 g/mol. The van der Waals surface area contributed by atoms with E-state index in [1.54, 1.807) is 6.20 Å². The fraction of sp³-hybridized carbons (Fsp3) is 0.160. The molecule has 1 saturated carbocycles. The summed E-state index contributed by atoms with van der Waals surface area (Å²) in [7, 11) is 0. The Morgan fingerprint density at radius 2 is 2.00 bits per heavy atom. The van der Waals surface area contributed by atoms with Gasteiger partial charge in [0.25, 0.3) is 0 Å². The zero-order chi connectivity index (χ0) is 20.2. The average Bonchev–Trinajstić information content (AvgIpc) is 3.52. The van der Waals surface area contributed by atoms with Gasteiger partial charge in [0.1, 0.15) is 17.1 Å². The molecule has 0 atom stereocenters. The van der Waals surface area contributed by atoms with E-state index in [-0.39, 0.29) is 5.43 Å². The first kappa shape index (κ1) is 17.2. The third kappa shape index (κ3) is 2.74. The van der Waals surface area contributed by atoms with E-state index in [9.17, 15) is 4.79 Å². The number of benzene rings is 1. The lowest BCUT2D eigenvalue weighted by Gasteiger charge is -2.11. The molecule has 5 heteroatoms. The van der Waals surface area contributed by atoms with Gasteiger partial charge in [-0.05, 0) is 67.6 Å². The molecule has 6 rings (SSSR count). The van der Waals surface area contributed by atoms with Crippen LogP contribution in [0.15, 0.2) is 70.1 Å². The Morgan fingerprint density at radius 1 is 1.10 bits per heavy atom. The third-order valence-corrected chi connectivity index (χ3v) is 5.80. The summed E-state index contributed by atoms with van der Waals surface area (Å²) in [6, 6.07) is 15.9. The summed E-state index contributed by atoms with van der Waals surface area (Å²) < 4.78 is 5.90. The number of hydrogen-bond acceptors (Lipinski definition) is 4. The van der Waals surface area contributed by atoms with Crippen LogP contribution in [0.25, 0.3) is 44.5 Å². The van der Waals surface area contributed by atoms with Crippen molar-refractivity contribution in [1.29, 1.82) is 0 Å². The van der Waals surface area contributed by atoms with Crippen molar-refractivity contribution in [3.05, 3.63) is 82.5 Å². The number of nitrogens with zero attached hydrogens (tertiary/aromatic N) is 2. The Kier molecular flexibility index (Phi) is 3.65. The Morgan fingerprint density at radius 3 is 2.80 bits per heavy atom. The number of aromatic nitrogens is 3. The van der Waals surface area contributed by atoms with E-state index in [0.29, 0.717) is 28.4 Å². The van der Waals surface area contributed by atoms with Crippen LogP contribution in [0.2, 0.25) is 0 Å². The summed E-state index contributed by atoms with van der Waals surface area (Å²) in [6.45, 7) is 1.91. The number of aryl methyl sites for hydroxylation is 1. The van der Waals surface area contributed by atoms with Crippen molar-refractivity contribution in [2.45, 2.75) is 25.7 Å². The molecular weight excluding hydrogens is 374 g/mol. The first-order chi connectivity index (χ1) is 14.7. The van der Waals surface area contributed by atoms with Gasteiger partial charge in [-0.25, -0.2) is 4.98 Å². The molecule has 1 aliphatic carbocycles. The number of furan rings is 1. The van der Waals surface area contributed by atoms with Crippen molar-refractivity contribution >= 4 is 21.9 Å². The van der Waals surface area contributed by atoms with Crippen molar-refractivity contribution in [3.63, 3.8) is 0 Å². The predicted octanol–water partition coefficient (Wildman–Crippen LogP) is 5.58. The van der Waals surface area contributed by atoms with Crippen molar-refractivity contribution in [2.75, 3.05) is 0 Å². The van der Waals surface area contributed by atoms with Crippen LogP contribution in [-0.4, -0.2) is 15.0 Å². The largest absolute Gasteiger partial charge is 0.460 e. The van der Waals surface area contributed by atoms with Crippen LogP contribution in [0.5, 0.6) is 0 Å². The molecule has 0 saturated heterocycles. The van der Waals surface area contributed by atoms with Crippen molar-refractivity contribution in [1.82, 2.24) is 15.0 Å². The van der Waals surface area contributed by atoms with E-state index in [2.05, 4.69) is 16.0 Å². The number of fused-ring (bicyclic) bond motifs is 2. The molecule has 5 aromatic rings. The molecule has 0 amide bonds. The predicted molar refractivity (Wildman–Crippen MR) is 118 cm³/mol. The minimum Gasteiger partial charge on any atom is -0.460 e. The van der Waals surface area contributed by atoms with Gasteiger partial charge in [0.2, 0.25) is 0 Å². The molecule has 146 valence electrons. The second-order valence-corrected chi connectivity index (χ2v) is 7.95. The van der Waals surface area contributed by atoms with Gasteiger partial charge in [-0.1, -0.05) is 12.1 Å². The van der Waals surface area contributed by atoms with Gasteiger partial charge in [-0.3, -0.25) is 9.78 Å². The maximum absolute atomic E-state index is 13.2. The molecule has 5 nitrogen and oxygen atoms in total. The van der Waals surface area contributed by atoms with E-state index in [1.807, 2.05) is 55.6 Å². The molecule has 0 bridgehead atoms. The smallest absolute Gasteiger partial charge is 0.194 e. The van der Waals surface area contributed by atoms with Gasteiger partial charge < -0.3 is 9.40 Å². The summed E-state index contributed by atoms with van der Waals surface area (Å²) in [5, 5.41) is 1.66. The van der Waals surface area contributed by atoms with E-state index in [1.165, 1.54) is 0 Å². The van der Waals surface area contributed by atoms with Crippen LogP contribution >= 0.6 is 0 Å². The van der Waals surface area contributed by atoms with Crippen LogP contribution < -0.4 is 5.43 Å². The highest BCUT2D eigenvalue weighted by atomic mass is 16.3. The van der Waals surface area contributed by atoms with Gasteiger partial charge in [0, 0.05) is 28.9 Å². The van der Waals surface area contributed by atoms with Crippen molar-refractivity contribution in [3.8, 4) is 22.6 Å². The number of pyridine rings is 3. The molecule has 0 unspecified atom stereocenters. The highest BCUT2D eigenvalue weighted by Crippen LogP contribution is 2.39. The van der Waals surface area contributed by atoms with Crippen LogP contribution in [0.4, 0.5) is 0 Å². The SMILES string of the molecule is Cc1ccc(-c2nc3[nH]cc(C4CC4)c(=O)c3cc2-c2ccc3ncccc3c2)o1. The normalized spacial score (nSPS) is 13.9. The number of H-pyrrole nitrogens is 1. The van der Waals surface area contributed by atoms with Crippen LogP contribution in [0.3, 0.4) is 0 Å². The standard InChI is InChI=1S/C25H19N3O2/c1-14-4-9-22(30-14)23-18(16-7-8-21-17(11-16)3-2-10-26-21)12-19-24(29)20(15-5-6-15)13-27-25(19)28-23/h2-4,7-13,15H,5-6H2,1H3,(H,27,28,29). The fourth-order valence-electron chi connectivity index (χ4n) is 4.07. The van der Waals surface area contributed by atoms with E-state index in [4.69, 9.17) is 9.40 Å². The Bertz CT molecular complexity index is 1490. The molecule has 0 spiro atoms. The lowest BCUT2D eigenvalue weighted by molar-refractivity contribution is 0.547. The highest BCUT2D eigenvalue weighted by Gasteiger charge is 2.27. The molecule has 1 N–H and O–H groups in total. The minimum absolute atomic E-state index is 0.0737. The third-order valence-electron chi connectivity index (χ3n) is 5.80. The second-order valence-electron chi connectivity index (χ2n) is 7.95. The first-order valence-electron chi connectivity index (χ1n) is 10.2. The minimum atomic E-state index is 0.0737. The van der Waals surface area contributed by atoms with Crippen molar-refractivity contribution < 1.29 is 4.42 Å². The summed E-state index contributed by atoms with van der Waals surface area (Å²) >= 11 is 0. The van der Waals surface area contributed by atoms with Gasteiger partial charge >= 0.3 is 0 Å². The van der Waals surface area contributed by atoms with E-state index in [0.717, 1.165) is 46.2 Å². The highest BCUT2D eigenvalue weighted by molar-refractivity contribution is 5.92. The molecule has 4 heterocycles. The average molecular weight is 393 g/mol. The van der Waals surface area contributed by atoms with Gasteiger partial charge in [-0.15, -0.1) is 0 Å². The van der Waals surface area contributed by atoms with E-state index >= 15 is 0 Å². The molecule has 0 aliphatic heterocycles. The number of rotatable bonds is 3. The molecule has 1 aliphatic rings. The number of aromatic amines is 1. The van der Waals surface area contributed by atoms with E-state index < -0.39 is 0 Å². The quantitative estimate of drug-likeness (QED) is 0.434. The summed E-state index contributed by atoms with van der Waals surface area (Å²) in [4.78, 5) is 25.7.